The highest BCUT2D eigenvalue weighted by atomic mass is 16.5. The first-order chi connectivity index (χ1) is 14.2. The van der Waals surface area contributed by atoms with Crippen molar-refractivity contribution in [3.05, 3.63) is 46.6 Å². The van der Waals surface area contributed by atoms with Gasteiger partial charge >= 0.3 is 0 Å². The molecule has 0 bridgehead atoms. The topological polar surface area (TPSA) is 97.9 Å². The number of nitrogens with zero attached hydrogens (tertiary/aromatic N) is 2. The molecule has 0 spiro atoms. The Morgan fingerprint density at radius 3 is 2.55 bits per heavy atom. The van der Waals surface area contributed by atoms with Gasteiger partial charge in [0.1, 0.15) is 6.04 Å². The zero-order valence-corrected chi connectivity index (χ0v) is 16.5. The molecule has 29 heavy (non-hydrogen) atoms. The van der Waals surface area contributed by atoms with Crippen LogP contribution >= 0.6 is 0 Å². The Morgan fingerprint density at radius 2 is 1.93 bits per heavy atom. The highest BCUT2D eigenvalue weighted by Crippen LogP contribution is 2.31. The molecule has 0 unspecified atom stereocenters. The van der Waals surface area contributed by atoms with Crippen LogP contribution in [-0.2, 0) is 9.53 Å². The van der Waals surface area contributed by atoms with Crippen LogP contribution in [-0.4, -0.2) is 37.2 Å². The molecule has 150 valence electrons. The van der Waals surface area contributed by atoms with Crippen molar-refractivity contribution in [2.24, 2.45) is 5.92 Å². The normalized spacial score (nSPS) is 29.4. The summed E-state index contributed by atoms with van der Waals surface area (Å²) in [5.74, 6) is 0.329. The molecular weight excluding hydrogens is 364 g/mol. The first kappa shape index (κ1) is 19.6. The number of carbonyl (C=O) groups is 1. The number of allylic oxidation sites excluding steroid dienone is 7. The third kappa shape index (κ3) is 4.50. The Kier molecular flexibility index (Phi) is 5.94. The summed E-state index contributed by atoms with van der Waals surface area (Å²) in [6.07, 6.45) is 13.1. The maximum atomic E-state index is 12.6. The van der Waals surface area contributed by atoms with Gasteiger partial charge in [-0.05, 0) is 49.3 Å². The van der Waals surface area contributed by atoms with E-state index in [9.17, 15) is 10.1 Å². The summed E-state index contributed by atoms with van der Waals surface area (Å²) in [4.78, 5) is 12.6. The second kappa shape index (κ2) is 8.78. The molecule has 4 atom stereocenters. The van der Waals surface area contributed by atoms with Crippen molar-refractivity contribution in [2.75, 3.05) is 13.2 Å². The SMILES string of the molecule is N#CC1=CC=C(C2=CC=C(C[C@@H](C#N)NC(=O)[C@H]3C[C@@H]4COC[C@@H]4N3)CC2)CC1. The minimum atomic E-state index is -0.503. The van der Waals surface area contributed by atoms with Crippen molar-refractivity contribution in [2.45, 2.75) is 56.7 Å². The van der Waals surface area contributed by atoms with Crippen molar-refractivity contribution < 1.29 is 9.53 Å². The van der Waals surface area contributed by atoms with Crippen molar-refractivity contribution in [3.63, 3.8) is 0 Å². The van der Waals surface area contributed by atoms with E-state index in [0.29, 0.717) is 25.6 Å². The number of nitrogens with one attached hydrogen (secondary N) is 2. The second-order valence-electron chi connectivity index (χ2n) is 8.27. The largest absolute Gasteiger partial charge is 0.379 e. The highest BCUT2D eigenvalue weighted by molar-refractivity contribution is 5.82. The van der Waals surface area contributed by atoms with E-state index in [-0.39, 0.29) is 18.0 Å². The highest BCUT2D eigenvalue weighted by Gasteiger charge is 2.41. The Balaban J connectivity index is 1.32. The van der Waals surface area contributed by atoms with Crippen LogP contribution in [0.1, 0.15) is 38.5 Å². The average molecular weight is 390 g/mol. The number of amides is 1. The Labute approximate surface area is 171 Å². The van der Waals surface area contributed by atoms with Gasteiger partial charge in [-0.15, -0.1) is 0 Å². The van der Waals surface area contributed by atoms with Gasteiger partial charge in [0.05, 0.1) is 31.4 Å². The van der Waals surface area contributed by atoms with Gasteiger partial charge in [0, 0.05) is 24.0 Å². The third-order valence-electron chi connectivity index (χ3n) is 6.35. The minimum Gasteiger partial charge on any atom is -0.379 e. The molecule has 6 nitrogen and oxygen atoms in total. The van der Waals surface area contributed by atoms with Crippen molar-refractivity contribution in [3.8, 4) is 12.1 Å². The molecule has 2 aliphatic heterocycles. The van der Waals surface area contributed by atoms with E-state index in [2.05, 4.69) is 41.0 Å². The van der Waals surface area contributed by atoms with Crippen molar-refractivity contribution in [1.82, 2.24) is 10.6 Å². The summed E-state index contributed by atoms with van der Waals surface area (Å²) in [7, 11) is 0. The lowest BCUT2D eigenvalue weighted by Crippen LogP contribution is -2.46. The molecule has 2 aliphatic carbocycles. The summed E-state index contributed by atoms with van der Waals surface area (Å²) in [5.41, 5.74) is 4.63. The standard InChI is InChI=1S/C23H26N4O2/c24-11-16-3-7-18(8-4-16)17-5-1-15(2-6-17)9-20(12-25)26-23(28)21-10-19-13-29-14-22(19)27-21/h1,3,5,7,19-22,27H,2,4,6,8-10,13-14H2,(H,26,28)/t19-,20+,21-,22+/m1/s1. The van der Waals surface area contributed by atoms with Crippen LogP contribution in [0.3, 0.4) is 0 Å². The average Bonchev–Trinajstić information content (AvgIpc) is 3.36. The fraction of sp³-hybridized carbons (Fsp3) is 0.522. The van der Waals surface area contributed by atoms with Crippen LogP contribution in [0.4, 0.5) is 0 Å². The fourth-order valence-electron chi connectivity index (χ4n) is 4.61. The Morgan fingerprint density at radius 1 is 1.14 bits per heavy atom. The number of hydrogen-bond acceptors (Lipinski definition) is 5. The van der Waals surface area contributed by atoms with Gasteiger partial charge in [-0.1, -0.05) is 23.8 Å². The summed E-state index contributed by atoms with van der Waals surface area (Å²) in [5, 5.41) is 24.7. The van der Waals surface area contributed by atoms with E-state index in [1.807, 2.05) is 6.08 Å². The predicted octanol–water partition coefficient (Wildman–Crippen LogP) is 2.58. The molecule has 2 heterocycles. The second-order valence-corrected chi connectivity index (χ2v) is 8.27. The summed E-state index contributed by atoms with van der Waals surface area (Å²) in [6, 6.07) is 4.01. The van der Waals surface area contributed by atoms with Crippen LogP contribution in [0.15, 0.2) is 46.6 Å². The van der Waals surface area contributed by atoms with Gasteiger partial charge < -0.3 is 15.4 Å². The Hall–Kier alpha value is -2.67. The molecule has 2 N–H and O–H groups in total. The zero-order chi connectivity index (χ0) is 20.2. The molecule has 4 aliphatic rings. The molecule has 1 amide bonds. The number of ether oxygens (including phenoxy) is 1. The van der Waals surface area contributed by atoms with E-state index in [1.165, 1.54) is 16.7 Å². The van der Waals surface area contributed by atoms with E-state index < -0.39 is 6.04 Å². The van der Waals surface area contributed by atoms with E-state index in [0.717, 1.165) is 37.7 Å². The molecule has 2 fully saturated rings. The van der Waals surface area contributed by atoms with Crippen LogP contribution in [0.5, 0.6) is 0 Å². The number of hydrogen-bond donors (Lipinski definition) is 2. The Bertz CT molecular complexity index is 872. The molecular formula is C23H26N4O2. The van der Waals surface area contributed by atoms with Crippen LogP contribution in [0.25, 0.3) is 0 Å². The third-order valence-corrected chi connectivity index (χ3v) is 6.35. The molecule has 0 radical (unpaired) electrons. The van der Waals surface area contributed by atoms with Crippen LogP contribution in [0.2, 0.25) is 0 Å². The van der Waals surface area contributed by atoms with Gasteiger partial charge in [0.2, 0.25) is 5.91 Å². The van der Waals surface area contributed by atoms with Gasteiger partial charge in [-0.2, -0.15) is 10.5 Å². The molecule has 0 saturated carbocycles. The maximum Gasteiger partial charge on any atom is 0.238 e. The lowest BCUT2D eigenvalue weighted by molar-refractivity contribution is -0.123. The summed E-state index contributed by atoms with van der Waals surface area (Å²) >= 11 is 0. The van der Waals surface area contributed by atoms with Crippen molar-refractivity contribution >= 4 is 5.91 Å². The zero-order valence-electron chi connectivity index (χ0n) is 16.5. The molecule has 6 heteroatoms. The fourth-order valence-corrected chi connectivity index (χ4v) is 4.61. The number of fused-ring (bicyclic) bond motifs is 1. The van der Waals surface area contributed by atoms with Gasteiger partial charge in [-0.25, -0.2) is 0 Å². The van der Waals surface area contributed by atoms with Crippen LogP contribution < -0.4 is 10.6 Å². The first-order valence-corrected chi connectivity index (χ1v) is 10.4. The predicted molar refractivity (Wildman–Crippen MR) is 108 cm³/mol. The van der Waals surface area contributed by atoms with Crippen molar-refractivity contribution in [1.29, 1.82) is 10.5 Å². The van der Waals surface area contributed by atoms with E-state index in [1.54, 1.807) is 0 Å². The monoisotopic (exact) mass is 390 g/mol. The number of carbonyl (C=O) groups excluding carboxylic acids is 1. The summed E-state index contributed by atoms with van der Waals surface area (Å²) in [6.45, 7) is 1.39. The molecule has 0 aromatic carbocycles. The number of rotatable bonds is 5. The van der Waals surface area contributed by atoms with Crippen LogP contribution in [0, 0.1) is 28.6 Å². The summed E-state index contributed by atoms with van der Waals surface area (Å²) < 4.78 is 5.42. The minimum absolute atomic E-state index is 0.0777. The quantitative estimate of drug-likeness (QED) is 0.752. The molecule has 0 aromatic rings. The lowest BCUT2D eigenvalue weighted by Gasteiger charge is -2.21. The smallest absolute Gasteiger partial charge is 0.238 e. The first-order valence-electron chi connectivity index (χ1n) is 10.4. The van der Waals surface area contributed by atoms with Gasteiger partial charge in [0.15, 0.2) is 0 Å². The van der Waals surface area contributed by atoms with Gasteiger partial charge in [-0.3, -0.25) is 4.79 Å². The molecule has 4 rings (SSSR count). The maximum absolute atomic E-state index is 12.6. The van der Waals surface area contributed by atoms with E-state index in [4.69, 9.17) is 10.00 Å². The van der Waals surface area contributed by atoms with Gasteiger partial charge in [0.25, 0.3) is 0 Å². The molecule has 0 aromatic heterocycles. The lowest BCUT2D eigenvalue weighted by atomic mass is 9.86. The van der Waals surface area contributed by atoms with E-state index >= 15 is 0 Å². The molecule has 2 saturated heterocycles. The number of nitriles is 2.